The van der Waals surface area contributed by atoms with Gasteiger partial charge in [-0.05, 0) is 52.8 Å². The number of hydrogen-bond acceptors (Lipinski definition) is 5. The number of carbonyl (C=O) groups excluding carboxylic acids is 3. The van der Waals surface area contributed by atoms with Crippen molar-refractivity contribution in [2.24, 2.45) is 5.92 Å². The monoisotopic (exact) mass is 491 g/mol. The molecule has 0 saturated heterocycles. The van der Waals surface area contributed by atoms with E-state index in [9.17, 15) is 14.4 Å². The highest BCUT2D eigenvalue weighted by atomic mass is 16.5. The molecule has 3 N–H and O–H groups in total. The maximum atomic E-state index is 13.4. The first-order valence-corrected chi connectivity index (χ1v) is 12.1. The smallest absolute Gasteiger partial charge is 0.319 e. The molecule has 0 spiro atoms. The molecule has 1 aromatic carbocycles. The van der Waals surface area contributed by atoms with Gasteiger partial charge in [-0.3, -0.25) is 4.79 Å². The van der Waals surface area contributed by atoms with Crippen LogP contribution < -0.4 is 20.7 Å². The molecule has 0 fully saturated rings. The summed E-state index contributed by atoms with van der Waals surface area (Å²) in [6, 6.07) is 4.14. The lowest BCUT2D eigenvalue weighted by molar-refractivity contribution is 0.0165. The van der Waals surface area contributed by atoms with Gasteiger partial charge in [0.1, 0.15) is 12.4 Å². The fourth-order valence-electron chi connectivity index (χ4n) is 3.90. The van der Waals surface area contributed by atoms with Crippen molar-refractivity contribution in [1.29, 1.82) is 0 Å². The molecule has 1 aliphatic rings. The minimum absolute atomic E-state index is 0.00571. The molecular weight excluding hydrogens is 450 g/mol. The number of amides is 5. The predicted molar refractivity (Wildman–Crippen MR) is 136 cm³/mol. The average Bonchev–Trinajstić information content (AvgIpc) is 2.77. The van der Waals surface area contributed by atoms with Gasteiger partial charge in [0.15, 0.2) is 0 Å². The van der Waals surface area contributed by atoms with Gasteiger partial charge in [0.2, 0.25) is 0 Å². The van der Waals surface area contributed by atoms with E-state index in [1.807, 2.05) is 41.5 Å². The number of carbonyl (C=O) groups is 3. The van der Waals surface area contributed by atoms with Crippen LogP contribution >= 0.6 is 0 Å². The summed E-state index contributed by atoms with van der Waals surface area (Å²) in [5.74, 6) is 0.0994. The fourth-order valence-corrected chi connectivity index (χ4v) is 3.90. The molecule has 10 nitrogen and oxygen atoms in total. The van der Waals surface area contributed by atoms with E-state index < -0.39 is 0 Å². The van der Waals surface area contributed by atoms with Crippen molar-refractivity contribution < 1.29 is 23.9 Å². The summed E-state index contributed by atoms with van der Waals surface area (Å²) in [4.78, 5) is 41.9. The summed E-state index contributed by atoms with van der Waals surface area (Å²) in [7, 11) is 3.31. The van der Waals surface area contributed by atoms with E-state index in [4.69, 9.17) is 9.47 Å². The Morgan fingerprint density at radius 3 is 2.34 bits per heavy atom. The minimum atomic E-state index is -0.358. The number of rotatable bonds is 4. The van der Waals surface area contributed by atoms with Crippen molar-refractivity contribution in [3.8, 4) is 5.75 Å². The number of benzene rings is 1. The molecule has 0 aliphatic carbocycles. The van der Waals surface area contributed by atoms with E-state index in [0.29, 0.717) is 30.1 Å². The number of ether oxygens (including phenoxy) is 2. The normalized spacial score (nSPS) is 21.5. The summed E-state index contributed by atoms with van der Waals surface area (Å²) >= 11 is 0. The van der Waals surface area contributed by atoms with Gasteiger partial charge < -0.3 is 35.2 Å². The Morgan fingerprint density at radius 1 is 1.09 bits per heavy atom. The van der Waals surface area contributed by atoms with Gasteiger partial charge in [0.25, 0.3) is 5.91 Å². The van der Waals surface area contributed by atoms with Gasteiger partial charge >= 0.3 is 12.1 Å². The van der Waals surface area contributed by atoms with Gasteiger partial charge in [-0.1, -0.05) is 6.92 Å². The van der Waals surface area contributed by atoms with Crippen LogP contribution in [0, 0.1) is 5.92 Å². The molecule has 0 bridgehead atoms. The molecule has 10 heteroatoms. The van der Waals surface area contributed by atoms with Crippen LogP contribution in [-0.2, 0) is 4.74 Å². The molecule has 0 saturated carbocycles. The van der Waals surface area contributed by atoms with Gasteiger partial charge in [0, 0.05) is 50.9 Å². The summed E-state index contributed by atoms with van der Waals surface area (Å²) in [5, 5.41) is 8.48. The standard InChI is InChI=1S/C25H41N5O5/c1-15(2)26-24(32)28-19-9-10-21-20(11-19)23(31)29(7)13-22(34-8)17(5)12-30(18(6)14-35-21)25(33)27-16(3)4/h9-11,15-18,22H,12-14H2,1-8H3,(H,27,33)(H2,26,28,32)/t17-,18+,22-/m1/s1. The predicted octanol–water partition coefficient (Wildman–Crippen LogP) is 3.14. The molecule has 1 aromatic rings. The number of fused-ring (bicyclic) bond motifs is 1. The number of methoxy groups -OCH3 is 1. The molecule has 1 aliphatic heterocycles. The third kappa shape index (κ3) is 8.02. The third-order valence-electron chi connectivity index (χ3n) is 5.80. The second-order valence-electron chi connectivity index (χ2n) is 9.82. The van der Waals surface area contributed by atoms with Crippen LogP contribution in [0.15, 0.2) is 18.2 Å². The minimum Gasteiger partial charge on any atom is -0.491 e. The van der Waals surface area contributed by atoms with E-state index in [2.05, 4.69) is 16.0 Å². The second-order valence-corrected chi connectivity index (χ2v) is 9.82. The first kappa shape index (κ1) is 28.2. The van der Waals surface area contributed by atoms with Gasteiger partial charge in [-0.2, -0.15) is 0 Å². The van der Waals surface area contributed by atoms with Crippen molar-refractivity contribution in [3.63, 3.8) is 0 Å². The molecule has 196 valence electrons. The highest BCUT2D eigenvalue weighted by Crippen LogP contribution is 2.26. The summed E-state index contributed by atoms with van der Waals surface area (Å²) in [6.07, 6.45) is -0.285. The molecule has 5 amide bonds. The largest absolute Gasteiger partial charge is 0.491 e. The number of nitrogens with zero attached hydrogens (tertiary/aromatic N) is 2. The molecule has 1 heterocycles. The second kappa shape index (κ2) is 12.6. The Morgan fingerprint density at radius 2 is 1.74 bits per heavy atom. The van der Waals surface area contributed by atoms with Crippen LogP contribution in [0.25, 0.3) is 0 Å². The first-order valence-electron chi connectivity index (χ1n) is 12.1. The van der Waals surface area contributed by atoms with Crippen molar-refractivity contribution in [2.75, 3.05) is 39.2 Å². The maximum absolute atomic E-state index is 13.4. The Kier molecular flexibility index (Phi) is 10.2. The lowest BCUT2D eigenvalue weighted by atomic mass is 10.0. The Hall–Kier alpha value is -3.01. The Bertz CT molecular complexity index is 891. The van der Waals surface area contributed by atoms with Crippen LogP contribution in [0.5, 0.6) is 5.75 Å². The zero-order valence-electron chi connectivity index (χ0n) is 22.2. The van der Waals surface area contributed by atoms with Crippen LogP contribution in [0.3, 0.4) is 0 Å². The number of hydrogen-bond donors (Lipinski definition) is 3. The van der Waals surface area contributed by atoms with E-state index in [0.717, 1.165) is 0 Å². The van der Waals surface area contributed by atoms with E-state index in [-0.39, 0.29) is 54.7 Å². The number of urea groups is 2. The highest BCUT2D eigenvalue weighted by molar-refractivity contribution is 5.99. The molecule has 35 heavy (non-hydrogen) atoms. The Labute approximate surface area is 208 Å². The summed E-state index contributed by atoms with van der Waals surface area (Å²) in [6.45, 7) is 12.5. The van der Waals surface area contributed by atoms with E-state index >= 15 is 0 Å². The SMILES string of the molecule is CO[C@@H]1CN(C)C(=O)c2cc(NC(=O)NC(C)C)ccc2OC[C@H](C)N(C(=O)NC(C)C)C[C@H]1C. The first-order chi connectivity index (χ1) is 16.4. The van der Waals surface area contributed by atoms with Crippen molar-refractivity contribution in [1.82, 2.24) is 20.4 Å². The van der Waals surface area contributed by atoms with Crippen molar-refractivity contribution in [3.05, 3.63) is 23.8 Å². The highest BCUT2D eigenvalue weighted by Gasteiger charge is 2.30. The molecule has 0 radical (unpaired) electrons. The Balaban J connectivity index is 2.41. The number of nitrogens with one attached hydrogen (secondary N) is 3. The summed E-state index contributed by atoms with van der Waals surface area (Å²) in [5.41, 5.74) is 0.797. The van der Waals surface area contributed by atoms with Crippen molar-refractivity contribution in [2.45, 2.75) is 65.8 Å². The fraction of sp³-hybridized carbons (Fsp3) is 0.640. The third-order valence-corrected chi connectivity index (χ3v) is 5.80. The summed E-state index contributed by atoms with van der Waals surface area (Å²) < 4.78 is 11.8. The molecule has 3 atom stereocenters. The quantitative estimate of drug-likeness (QED) is 0.599. The van der Waals surface area contributed by atoms with Gasteiger partial charge in [-0.15, -0.1) is 0 Å². The van der Waals surface area contributed by atoms with Gasteiger partial charge in [-0.25, -0.2) is 9.59 Å². The van der Waals surface area contributed by atoms with Crippen LogP contribution in [-0.4, -0.2) is 85.9 Å². The molecular formula is C25H41N5O5. The van der Waals surface area contributed by atoms with Crippen LogP contribution in [0.4, 0.5) is 15.3 Å². The zero-order valence-corrected chi connectivity index (χ0v) is 22.2. The molecule has 2 rings (SSSR count). The lowest BCUT2D eigenvalue weighted by Gasteiger charge is -2.36. The molecule has 0 unspecified atom stereocenters. The zero-order chi connectivity index (χ0) is 26.3. The van der Waals surface area contributed by atoms with Crippen LogP contribution in [0.2, 0.25) is 0 Å². The van der Waals surface area contributed by atoms with E-state index in [1.54, 1.807) is 42.2 Å². The van der Waals surface area contributed by atoms with Crippen molar-refractivity contribution >= 4 is 23.7 Å². The molecule has 0 aromatic heterocycles. The van der Waals surface area contributed by atoms with Crippen LogP contribution in [0.1, 0.15) is 51.9 Å². The topological polar surface area (TPSA) is 112 Å². The van der Waals surface area contributed by atoms with E-state index in [1.165, 1.54) is 0 Å². The maximum Gasteiger partial charge on any atom is 0.319 e. The van der Waals surface area contributed by atoms with Gasteiger partial charge in [0.05, 0.1) is 17.7 Å². The number of anilines is 1. The average molecular weight is 492 g/mol. The number of likely N-dealkylation sites (N-methyl/N-ethyl adjacent to an activating group) is 1. The lowest BCUT2D eigenvalue weighted by Crippen LogP contribution is -2.52.